The molecule has 0 aliphatic heterocycles. The molecule has 0 aliphatic rings. The van der Waals surface area contributed by atoms with E-state index >= 15 is 0 Å². The molecule has 19 heavy (non-hydrogen) atoms. The molecule has 1 N–H and O–H groups in total. The molecule has 0 amide bonds. The van der Waals surface area contributed by atoms with E-state index in [-0.39, 0.29) is 5.82 Å². The molecule has 4 heteroatoms. The lowest BCUT2D eigenvalue weighted by molar-refractivity contribution is 0.613. The second kappa shape index (κ2) is 6.21. The van der Waals surface area contributed by atoms with Crippen molar-refractivity contribution in [2.24, 2.45) is 0 Å². The SMILES string of the molecule is N#CCc1ccc(NCc2c(F)cccc2Cl)cc1. The summed E-state index contributed by atoms with van der Waals surface area (Å²) < 4.78 is 13.6. The number of anilines is 1. The highest BCUT2D eigenvalue weighted by molar-refractivity contribution is 6.31. The van der Waals surface area contributed by atoms with Crippen LogP contribution in [-0.4, -0.2) is 0 Å². The van der Waals surface area contributed by atoms with E-state index in [0.29, 0.717) is 23.6 Å². The number of hydrogen-bond acceptors (Lipinski definition) is 2. The zero-order valence-electron chi connectivity index (χ0n) is 10.2. The van der Waals surface area contributed by atoms with Crippen LogP contribution in [0.3, 0.4) is 0 Å². The Balaban J connectivity index is 2.04. The van der Waals surface area contributed by atoms with Crippen LogP contribution in [0.4, 0.5) is 10.1 Å². The molecule has 2 nitrogen and oxygen atoms in total. The summed E-state index contributed by atoms with van der Waals surface area (Å²) in [5, 5.41) is 12.1. The summed E-state index contributed by atoms with van der Waals surface area (Å²) in [4.78, 5) is 0. The zero-order valence-corrected chi connectivity index (χ0v) is 10.9. The molecule has 0 saturated heterocycles. The number of benzene rings is 2. The van der Waals surface area contributed by atoms with Gasteiger partial charge >= 0.3 is 0 Å². The number of rotatable bonds is 4. The molecule has 0 unspecified atom stereocenters. The number of hydrogen-bond donors (Lipinski definition) is 1. The van der Waals surface area contributed by atoms with Crippen LogP contribution in [-0.2, 0) is 13.0 Å². The van der Waals surface area contributed by atoms with Crippen LogP contribution in [0.1, 0.15) is 11.1 Å². The molecule has 0 heterocycles. The van der Waals surface area contributed by atoms with Crippen LogP contribution in [0.15, 0.2) is 42.5 Å². The summed E-state index contributed by atoms with van der Waals surface area (Å²) in [5.41, 5.74) is 2.27. The van der Waals surface area contributed by atoms with Crippen molar-refractivity contribution in [3.05, 3.63) is 64.4 Å². The lowest BCUT2D eigenvalue weighted by Gasteiger charge is -2.09. The quantitative estimate of drug-likeness (QED) is 0.909. The lowest BCUT2D eigenvalue weighted by Crippen LogP contribution is -2.02. The van der Waals surface area contributed by atoms with Crippen LogP contribution in [0, 0.1) is 17.1 Å². The first-order valence-electron chi connectivity index (χ1n) is 5.83. The van der Waals surface area contributed by atoms with Crippen molar-refractivity contribution in [3.8, 4) is 6.07 Å². The van der Waals surface area contributed by atoms with Crippen LogP contribution < -0.4 is 5.32 Å². The Bertz CT molecular complexity index is 582. The minimum Gasteiger partial charge on any atom is -0.381 e. The molecule has 0 atom stereocenters. The molecule has 0 bridgehead atoms. The molecule has 0 aliphatic carbocycles. The first-order valence-corrected chi connectivity index (χ1v) is 6.21. The van der Waals surface area contributed by atoms with E-state index in [1.165, 1.54) is 6.07 Å². The van der Waals surface area contributed by atoms with E-state index in [0.717, 1.165) is 11.3 Å². The Hall–Kier alpha value is -2.05. The topological polar surface area (TPSA) is 35.8 Å². The summed E-state index contributed by atoms with van der Waals surface area (Å²) in [6, 6.07) is 14.2. The van der Waals surface area contributed by atoms with Crippen molar-refractivity contribution in [1.82, 2.24) is 0 Å². The van der Waals surface area contributed by atoms with Gasteiger partial charge in [-0.1, -0.05) is 29.8 Å². The maximum atomic E-state index is 13.6. The van der Waals surface area contributed by atoms with Crippen LogP contribution >= 0.6 is 11.6 Å². The van der Waals surface area contributed by atoms with E-state index in [1.807, 2.05) is 24.3 Å². The summed E-state index contributed by atoms with van der Waals surface area (Å²) in [7, 11) is 0. The molecule has 0 saturated carbocycles. The number of nitrogens with one attached hydrogen (secondary N) is 1. The average Bonchev–Trinajstić information content (AvgIpc) is 2.40. The Morgan fingerprint density at radius 1 is 1.16 bits per heavy atom. The first kappa shape index (κ1) is 13.4. The predicted molar refractivity (Wildman–Crippen MR) is 74.5 cm³/mol. The molecule has 2 rings (SSSR count). The smallest absolute Gasteiger partial charge is 0.129 e. The summed E-state index contributed by atoms with van der Waals surface area (Å²) >= 11 is 5.95. The van der Waals surface area contributed by atoms with Gasteiger partial charge in [0.25, 0.3) is 0 Å². The molecule has 0 aromatic heterocycles. The Morgan fingerprint density at radius 3 is 2.53 bits per heavy atom. The number of nitriles is 1. The lowest BCUT2D eigenvalue weighted by atomic mass is 10.1. The molecular weight excluding hydrogens is 263 g/mol. The van der Waals surface area contributed by atoms with Crippen molar-refractivity contribution in [2.75, 3.05) is 5.32 Å². The van der Waals surface area contributed by atoms with Gasteiger partial charge in [0.2, 0.25) is 0 Å². The van der Waals surface area contributed by atoms with Crippen molar-refractivity contribution in [1.29, 1.82) is 5.26 Å². The van der Waals surface area contributed by atoms with Crippen LogP contribution in [0.2, 0.25) is 5.02 Å². The van der Waals surface area contributed by atoms with Crippen molar-refractivity contribution in [2.45, 2.75) is 13.0 Å². The minimum atomic E-state index is -0.318. The largest absolute Gasteiger partial charge is 0.381 e. The average molecular weight is 275 g/mol. The molecular formula is C15H12ClFN2. The van der Waals surface area contributed by atoms with Gasteiger partial charge in [-0.15, -0.1) is 0 Å². The Morgan fingerprint density at radius 2 is 1.89 bits per heavy atom. The van der Waals surface area contributed by atoms with Gasteiger partial charge < -0.3 is 5.32 Å². The second-order valence-corrected chi connectivity index (χ2v) is 4.49. The standard InChI is InChI=1S/C15H12ClFN2/c16-14-2-1-3-15(17)13(14)10-19-12-6-4-11(5-7-12)8-9-18/h1-7,19H,8,10H2. The number of nitrogens with zero attached hydrogens (tertiary/aromatic N) is 1. The third-order valence-electron chi connectivity index (χ3n) is 2.77. The van der Waals surface area contributed by atoms with Gasteiger partial charge in [0.1, 0.15) is 5.82 Å². The van der Waals surface area contributed by atoms with Crippen molar-refractivity contribution >= 4 is 17.3 Å². The van der Waals surface area contributed by atoms with E-state index < -0.39 is 0 Å². The fraction of sp³-hybridized carbons (Fsp3) is 0.133. The first-order chi connectivity index (χ1) is 9.20. The highest BCUT2D eigenvalue weighted by atomic mass is 35.5. The number of halogens is 2. The monoisotopic (exact) mass is 274 g/mol. The van der Waals surface area contributed by atoms with Gasteiger partial charge in [-0.3, -0.25) is 0 Å². The Labute approximate surface area is 116 Å². The summed E-state index contributed by atoms with van der Waals surface area (Å²) in [6.07, 6.45) is 0.388. The van der Waals surface area contributed by atoms with Gasteiger partial charge in [-0.25, -0.2) is 4.39 Å². The third-order valence-corrected chi connectivity index (χ3v) is 3.12. The second-order valence-electron chi connectivity index (χ2n) is 4.09. The molecule has 96 valence electrons. The Kier molecular flexibility index (Phi) is 4.38. The highest BCUT2D eigenvalue weighted by Gasteiger charge is 2.06. The van der Waals surface area contributed by atoms with Gasteiger partial charge in [0.05, 0.1) is 12.5 Å². The van der Waals surface area contributed by atoms with Gasteiger partial charge in [-0.2, -0.15) is 5.26 Å². The molecule has 0 fully saturated rings. The third kappa shape index (κ3) is 3.46. The van der Waals surface area contributed by atoms with E-state index in [9.17, 15) is 4.39 Å². The summed E-state index contributed by atoms with van der Waals surface area (Å²) in [6.45, 7) is 0.323. The fourth-order valence-corrected chi connectivity index (χ4v) is 1.95. The fourth-order valence-electron chi connectivity index (χ4n) is 1.72. The van der Waals surface area contributed by atoms with E-state index in [2.05, 4.69) is 11.4 Å². The highest BCUT2D eigenvalue weighted by Crippen LogP contribution is 2.20. The van der Waals surface area contributed by atoms with Crippen molar-refractivity contribution < 1.29 is 4.39 Å². The molecule has 2 aromatic carbocycles. The van der Waals surface area contributed by atoms with Gasteiger partial charge in [0, 0.05) is 22.8 Å². The minimum absolute atomic E-state index is 0.318. The normalized spacial score (nSPS) is 9.95. The van der Waals surface area contributed by atoms with Gasteiger partial charge in [-0.05, 0) is 29.8 Å². The zero-order chi connectivity index (χ0) is 13.7. The summed E-state index contributed by atoms with van der Waals surface area (Å²) in [5.74, 6) is -0.318. The van der Waals surface area contributed by atoms with Crippen LogP contribution in [0.5, 0.6) is 0 Å². The maximum absolute atomic E-state index is 13.6. The maximum Gasteiger partial charge on any atom is 0.129 e. The molecule has 0 radical (unpaired) electrons. The van der Waals surface area contributed by atoms with Crippen molar-refractivity contribution in [3.63, 3.8) is 0 Å². The molecule has 2 aromatic rings. The van der Waals surface area contributed by atoms with E-state index in [1.54, 1.807) is 12.1 Å². The van der Waals surface area contributed by atoms with Crippen LogP contribution in [0.25, 0.3) is 0 Å². The predicted octanol–water partition coefficient (Wildman–Crippen LogP) is 4.16. The van der Waals surface area contributed by atoms with Gasteiger partial charge in [0.15, 0.2) is 0 Å². The molecule has 0 spiro atoms. The van der Waals surface area contributed by atoms with E-state index in [4.69, 9.17) is 16.9 Å².